The first kappa shape index (κ1) is 14.2. The van der Waals surface area contributed by atoms with E-state index >= 15 is 0 Å². The second kappa shape index (κ2) is 5.96. The van der Waals surface area contributed by atoms with Crippen LogP contribution in [-0.2, 0) is 0 Å². The zero-order chi connectivity index (χ0) is 14.7. The fourth-order valence-electron chi connectivity index (χ4n) is 3.27. The molecule has 1 unspecified atom stereocenters. The normalized spacial score (nSPS) is 23.7. The Morgan fingerprint density at radius 1 is 1.43 bits per heavy atom. The standard InChI is InChI=1S/C17H25N3O/c1-2-17(9-5-10-17)12-19-16(18)20-14-8-11-21-15-7-4-3-6-13(14)15/h3-4,6-7,14H,2,5,8-12H2,1H3,(H3,18,19,20). The highest BCUT2D eigenvalue weighted by atomic mass is 16.5. The van der Waals surface area contributed by atoms with Gasteiger partial charge in [0.05, 0.1) is 12.6 Å². The van der Waals surface area contributed by atoms with Crippen LogP contribution in [0, 0.1) is 5.41 Å². The van der Waals surface area contributed by atoms with E-state index in [9.17, 15) is 0 Å². The Bertz CT molecular complexity index is 517. The molecule has 1 saturated carbocycles. The number of hydrogen-bond acceptors (Lipinski definition) is 2. The van der Waals surface area contributed by atoms with Crippen molar-refractivity contribution in [2.75, 3.05) is 13.2 Å². The van der Waals surface area contributed by atoms with E-state index in [0.29, 0.717) is 11.4 Å². The summed E-state index contributed by atoms with van der Waals surface area (Å²) >= 11 is 0. The molecule has 21 heavy (non-hydrogen) atoms. The number of fused-ring (bicyclic) bond motifs is 1. The lowest BCUT2D eigenvalue weighted by Gasteiger charge is -2.40. The molecule has 3 rings (SSSR count). The van der Waals surface area contributed by atoms with Gasteiger partial charge in [-0.15, -0.1) is 0 Å². The Kier molecular flexibility index (Phi) is 4.04. The van der Waals surface area contributed by atoms with E-state index in [0.717, 1.165) is 25.3 Å². The molecule has 114 valence electrons. The van der Waals surface area contributed by atoms with Crippen molar-refractivity contribution < 1.29 is 4.74 Å². The molecule has 0 saturated heterocycles. The molecule has 0 radical (unpaired) electrons. The molecule has 1 aromatic rings. The van der Waals surface area contributed by atoms with Crippen molar-refractivity contribution in [3.63, 3.8) is 0 Å². The van der Waals surface area contributed by atoms with Gasteiger partial charge in [0.25, 0.3) is 0 Å². The first-order chi connectivity index (χ1) is 10.2. The number of nitrogens with two attached hydrogens (primary N) is 1. The fraction of sp³-hybridized carbons (Fsp3) is 0.588. The maximum Gasteiger partial charge on any atom is 0.189 e. The summed E-state index contributed by atoms with van der Waals surface area (Å²) in [5, 5.41) is 3.37. The van der Waals surface area contributed by atoms with Crippen molar-refractivity contribution in [1.82, 2.24) is 5.32 Å². The predicted molar refractivity (Wildman–Crippen MR) is 85.5 cm³/mol. The summed E-state index contributed by atoms with van der Waals surface area (Å²) in [7, 11) is 0. The average molecular weight is 287 g/mol. The van der Waals surface area contributed by atoms with Crippen molar-refractivity contribution in [1.29, 1.82) is 0 Å². The summed E-state index contributed by atoms with van der Waals surface area (Å²) in [6.07, 6.45) is 6.04. The molecular formula is C17H25N3O. The summed E-state index contributed by atoms with van der Waals surface area (Å²) in [5.74, 6) is 1.52. The average Bonchev–Trinajstić information content (AvgIpc) is 2.47. The van der Waals surface area contributed by atoms with E-state index in [4.69, 9.17) is 10.5 Å². The van der Waals surface area contributed by atoms with Crippen LogP contribution in [0.3, 0.4) is 0 Å². The SMILES string of the molecule is CCC1(CN=C(N)NC2CCOc3ccccc32)CCC1. The van der Waals surface area contributed by atoms with Gasteiger partial charge < -0.3 is 15.8 Å². The molecule has 1 aromatic carbocycles. The third-order valence-corrected chi connectivity index (χ3v) is 5.03. The Morgan fingerprint density at radius 3 is 2.95 bits per heavy atom. The van der Waals surface area contributed by atoms with Gasteiger partial charge in [0.1, 0.15) is 5.75 Å². The molecule has 1 aliphatic heterocycles. The topological polar surface area (TPSA) is 59.6 Å². The molecule has 4 nitrogen and oxygen atoms in total. The van der Waals surface area contributed by atoms with E-state index in [1.54, 1.807) is 0 Å². The fourth-order valence-corrected chi connectivity index (χ4v) is 3.27. The minimum atomic E-state index is 0.206. The van der Waals surface area contributed by atoms with E-state index < -0.39 is 0 Å². The summed E-state index contributed by atoms with van der Waals surface area (Å²) < 4.78 is 5.67. The highest BCUT2D eigenvalue weighted by Crippen LogP contribution is 2.43. The van der Waals surface area contributed by atoms with Crippen LogP contribution in [0.15, 0.2) is 29.3 Å². The van der Waals surface area contributed by atoms with Crippen LogP contribution < -0.4 is 15.8 Å². The third kappa shape index (κ3) is 2.99. The second-order valence-electron chi connectivity index (χ2n) is 6.28. The molecule has 4 heteroatoms. The number of para-hydroxylation sites is 1. The summed E-state index contributed by atoms with van der Waals surface area (Å²) in [6.45, 7) is 3.83. The van der Waals surface area contributed by atoms with Crippen molar-refractivity contribution in [2.24, 2.45) is 16.1 Å². The summed E-state index contributed by atoms with van der Waals surface area (Å²) in [6, 6.07) is 8.35. The number of aliphatic imine (C=N–C) groups is 1. The minimum Gasteiger partial charge on any atom is -0.493 e. The van der Waals surface area contributed by atoms with Gasteiger partial charge >= 0.3 is 0 Å². The molecule has 0 bridgehead atoms. The first-order valence-corrected chi connectivity index (χ1v) is 8.01. The summed E-state index contributed by atoms with van der Waals surface area (Å²) in [4.78, 5) is 4.60. The molecule has 1 atom stereocenters. The van der Waals surface area contributed by atoms with Gasteiger partial charge in [0, 0.05) is 18.5 Å². The Labute approximate surface area is 126 Å². The predicted octanol–water partition coefficient (Wildman–Crippen LogP) is 2.99. The van der Waals surface area contributed by atoms with Crippen molar-refractivity contribution in [3.05, 3.63) is 29.8 Å². The van der Waals surface area contributed by atoms with Crippen molar-refractivity contribution >= 4 is 5.96 Å². The molecule has 1 heterocycles. The summed E-state index contributed by atoms with van der Waals surface area (Å²) in [5.41, 5.74) is 7.69. The van der Waals surface area contributed by atoms with Crippen molar-refractivity contribution in [2.45, 2.75) is 45.1 Å². The molecule has 1 fully saturated rings. The molecule has 3 N–H and O–H groups in total. The quantitative estimate of drug-likeness (QED) is 0.661. The maximum absolute atomic E-state index is 6.10. The van der Waals surface area contributed by atoms with E-state index in [1.165, 1.54) is 31.2 Å². The van der Waals surface area contributed by atoms with Gasteiger partial charge in [-0.2, -0.15) is 0 Å². The van der Waals surface area contributed by atoms with Gasteiger partial charge in [0.15, 0.2) is 5.96 Å². The van der Waals surface area contributed by atoms with Crippen LogP contribution in [-0.4, -0.2) is 19.1 Å². The van der Waals surface area contributed by atoms with Crippen molar-refractivity contribution in [3.8, 4) is 5.75 Å². The lowest BCUT2D eigenvalue weighted by Crippen LogP contribution is -2.39. The van der Waals surface area contributed by atoms with E-state index in [1.807, 2.05) is 18.2 Å². The molecule has 0 spiro atoms. The van der Waals surface area contributed by atoms with Crippen LogP contribution in [0.2, 0.25) is 0 Å². The Morgan fingerprint density at radius 2 is 2.24 bits per heavy atom. The molecular weight excluding hydrogens is 262 g/mol. The number of hydrogen-bond donors (Lipinski definition) is 2. The van der Waals surface area contributed by atoms with Gasteiger partial charge in [-0.3, -0.25) is 4.99 Å². The molecule has 1 aliphatic carbocycles. The number of guanidine groups is 1. The Hall–Kier alpha value is -1.71. The van der Waals surface area contributed by atoms with E-state index in [-0.39, 0.29) is 6.04 Å². The minimum absolute atomic E-state index is 0.206. The van der Waals surface area contributed by atoms with Gasteiger partial charge in [-0.25, -0.2) is 0 Å². The maximum atomic E-state index is 6.10. The van der Waals surface area contributed by atoms with Crippen LogP contribution in [0.25, 0.3) is 0 Å². The number of nitrogens with one attached hydrogen (secondary N) is 1. The monoisotopic (exact) mass is 287 g/mol. The van der Waals surface area contributed by atoms with Crippen LogP contribution in [0.1, 0.15) is 50.6 Å². The number of nitrogens with zero attached hydrogens (tertiary/aromatic N) is 1. The van der Waals surface area contributed by atoms with Gasteiger partial charge in [-0.05, 0) is 30.7 Å². The van der Waals surface area contributed by atoms with Crippen LogP contribution in [0.4, 0.5) is 0 Å². The third-order valence-electron chi connectivity index (χ3n) is 5.03. The van der Waals surface area contributed by atoms with Gasteiger partial charge in [-0.1, -0.05) is 31.5 Å². The first-order valence-electron chi connectivity index (χ1n) is 8.01. The number of rotatable bonds is 4. The number of ether oxygens (including phenoxy) is 1. The zero-order valence-electron chi connectivity index (χ0n) is 12.8. The largest absolute Gasteiger partial charge is 0.493 e. The van der Waals surface area contributed by atoms with E-state index in [2.05, 4.69) is 23.3 Å². The Balaban J connectivity index is 1.64. The van der Waals surface area contributed by atoms with Crippen LogP contribution >= 0.6 is 0 Å². The second-order valence-corrected chi connectivity index (χ2v) is 6.28. The zero-order valence-corrected chi connectivity index (χ0v) is 12.8. The smallest absolute Gasteiger partial charge is 0.189 e. The number of benzene rings is 1. The lowest BCUT2D eigenvalue weighted by molar-refractivity contribution is 0.139. The highest BCUT2D eigenvalue weighted by Gasteiger charge is 2.34. The highest BCUT2D eigenvalue weighted by molar-refractivity contribution is 5.78. The lowest BCUT2D eigenvalue weighted by atomic mass is 9.67. The molecule has 0 amide bonds. The van der Waals surface area contributed by atoms with Crippen LogP contribution in [0.5, 0.6) is 5.75 Å². The van der Waals surface area contributed by atoms with Gasteiger partial charge in [0.2, 0.25) is 0 Å². The molecule has 0 aromatic heterocycles. The molecule has 2 aliphatic rings.